The topological polar surface area (TPSA) is 38.4 Å². The number of aliphatic imine (C=N–C) groups is 1. The van der Waals surface area contributed by atoms with Crippen LogP contribution >= 0.6 is 0 Å². The molecule has 0 bridgehead atoms. The molecule has 2 rings (SSSR count). The highest BCUT2D eigenvalue weighted by Gasteiger charge is 2.32. The minimum Gasteiger partial charge on any atom is -0.387 e. The van der Waals surface area contributed by atoms with E-state index in [1.807, 2.05) is 0 Å². The van der Waals surface area contributed by atoms with E-state index in [-0.39, 0.29) is 0 Å². The van der Waals surface area contributed by atoms with Crippen LogP contribution in [-0.2, 0) is 0 Å². The molecule has 2 fully saturated rings. The molecule has 2 heteroatoms. The summed E-state index contributed by atoms with van der Waals surface area (Å²) in [5.41, 5.74) is 5.75. The third-order valence-electron chi connectivity index (χ3n) is 2.78. The number of amidine groups is 1. The third-order valence-corrected chi connectivity index (χ3v) is 2.78. The van der Waals surface area contributed by atoms with Crippen molar-refractivity contribution in [3.8, 4) is 0 Å². The molecule has 0 spiro atoms. The first-order chi connectivity index (χ1) is 5.27. The lowest BCUT2D eigenvalue weighted by atomic mass is 10.3. The van der Waals surface area contributed by atoms with E-state index in [0.29, 0.717) is 5.92 Å². The average molecular weight is 152 g/mol. The van der Waals surface area contributed by atoms with Gasteiger partial charge in [0.1, 0.15) is 0 Å². The smallest absolute Gasteiger partial charge is 0.0968 e. The molecule has 0 saturated heterocycles. The second-order valence-electron chi connectivity index (χ2n) is 4.01. The SMILES string of the molecule is CC1CC1CN=C(N)C1CC1. The monoisotopic (exact) mass is 152 g/mol. The molecule has 11 heavy (non-hydrogen) atoms. The van der Waals surface area contributed by atoms with Crippen LogP contribution in [-0.4, -0.2) is 12.4 Å². The summed E-state index contributed by atoms with van der Waals surface area (Å²) in [4.78, 5) is 4.39. The lowest BCUT2D eigenvalue weighted by molar-refractivity contribution is 0.758. The van der Waals surface area contributed by atoms with Crippen molar-refractivity contribution in [2.45, 2.75) is 26.2 Å². The molecule has 0 aromatic carbocycles. The van der Waals surface area contributed by atoms with Crippen molar-refractivity contribution in [3.63, 3.8) is 0 Å². The fourth-order valence-electron chi connectivity index (χ4n) is 1.38. The van der Waals surface area contributed by atoms with Gasteiger partial charge in [0.15, 0.2) is 0 Å². The van der Waals surface area contributed by atoms with E-state index in [1.54, 1.807) is 0 Å². The Morgan fingerprint density at radius 1 is 1.55 bits per heavy atom. The number of nitrogens with two attached hydrogens (primary N) is 1. The van der Waals surface area contributed by atoms with E-state index in [1.165, 1.54) is 19.3 Å². The molecule has 0 amide bonds. The second-order valence-corrected chi connectivity index (χ2v) is 4.01. The number of nitrogens with zero attached hydrogens (tertiary/aromatic N) is 1. The molecule has 0 heterocycles. The molecule has 2 aliphatic rings. The van der Waals surface area contributed by atoms with E-state index < -0.39 is 0 Å². The summed E-state index contributed by atoms with van der Waals surface area (Å²) < 4.78 is 0. The summed E-state index contributed by atoms with van der Waals surface area (Å²) in [6, 6.07) is 0. The van der Waals surface area contributed by atoms with E-state index in [0.717, 1.165) is 24.2 Å². The summed E-state index contributed by atoms with van der Waals surface area (Å²) >= 11 is 0. The minimum atomic E-state index is 0.657. The zero-order valence-corrected chi connectivity index (χ0v) is 7.09. The molecule has 2 atom stereocenters. The van der Waals surface area contributed by atoms with Gasteiger partial charge in [0.2, 0.25) is 0 Å². The maximum Gasteiger partial charge on any atom is 0.0968 e. The van der Waals surface area contributed by atoms with E-state index in [9.17, 15) is 0 Å². The zero-order valence-electron chi connectivity index (χ0n) is 7.09. The van der Waals surface area contributed by atoms with E-state index in [4.69, 9.17) is 5.73 Å². The zero-order chi connectivity index (χ0) is 7.84. The molecule has 2 nitrogen and oxygen atoms in total. The fourth-order valence-corrected chi connectivity index (χ4v) is 1.38. The lowest BCUT2D eigenvalue weighted by Gasteiger charge is -1.95. The molecular weight excluding hydrogens is 136 g/mol. The standard InChI is InChI=1S/C9H16N2/c1-6-4-8(6)5-11-9(10)7-2-3-7/h6-8H,2-5H2,1H3,(H2,10,11). The maximum absolute atomic E-state index is 5.75. The molecule has 0 aromatic heterocycles. The van der Waals surface area contributed by atoms with Crippen LogP contribution < -0.4 is 5.73 Å². The molecule has 2 aliphatic carbocycles. The minimum absolute atomic E-state index is 0.657. The summed E-state index contributed by atoms with van der Waals surface area (Å²) in [6.07, 6.45) is 3.91. The van der Waals surface area contributed by atoms with Gasteiger partial charge in [-0.3, -0.25) is 4.99 Å². The van der Waals surface area contributed by atoms with Crippen LogP contribution in [0.25, 0.3) is 0 Å². The summed E-state index contributed by atoms with van der Waals surface area (Å²) in [5.74, 6) is 3.34. The van der Waals surface area contributed by atoms with Crippen molar-refractivity contribution in [3.05, 3.63) is 0 Å². The van der Waals surface area contributed by atoms with Gasteiger partial charge in [-0.2, -0.15) is 0 Å². The lowest BCUT2D eigenvalue weighted by Crippen LogP contribution is -2.14. The van der Waals surface area contributed by atoms with Crippen molar-refractivity contribution < 1.29 is 0 Å². The third kappa shape index (κ3) is 1.73. The van der Waals surface area contributed by atoms with E-state index >= 15 is 0 Å². The van der Waals surface area contributed by atoms with Crippen LogP contribution in [0.3, 0.4) is 0 Å². The van der Waals surface area contributed by atoms with Gasteiger partial charge < -0.3 is 5.73 Å². The van der Waals surface area contributed by atoms with Crippen LogP contribution in [0.15, 0.2) is 4.99 Å². The summed E-state index contributed by atoms with van der Waals surface area (Å²) in [7, 11) is 0. The Kier molecular flexibility index (Phi) is 1.63. The highest BCUT2D eigenvalue weighted by Crippen LogP contribution is 2.38. The van der Waals surface area contributed by atoms with Crippen molar-refractivity contribution in [2.24, 2.45) is 28.5 Å². The summed E-state index contributed by atoms with van der Waals surface area (Å²) in [5, 5.41) is 0. The van der Waals surface area contributed by atoms with Crippen LogP contribution in [0.5, 0.6) is 0 Å². The van der Waals surface area contributed by atoms with Gasteiger partial charge in [-0.1, -0.05) is 6.92 Å². The Bertz CT molecular complexity index is 182. The normalized spacial score (nSPS) is 37.4. The van der Waals surface area contributed by atoms with Crippen LogP contribution in [0, 0.1) is 17.8 Å². The van der Waals surface area contributed by atoms with Crippen LogP contribution in [0.4, 0.5) is 0 Å². The highest BCUT2D eigenvalue weighted by molar-refractivity contribution is 5.84. The van der Waals surface area contributed by atoms with Gasteiger partial charge in [-0.15, -0.1) is 0 Å². The van der Waals surface area contributed by atoms with Gasteiger partial charge in [0.05, 0.1) is 5.84 Å². The highest BCUT2D eigenvalue weighted by atomic mass is 14.9. The summed E-state index contributed by atoms with van der Waals surface area (Å²) in [6.45, 7) is 3.27. The Balaban J connectivity index is 1.74. The number of hydrogen-bond donors (Lipinski definition) is 1. The fraction of sp³-hybridized carbons (Fsp3) is 0.889. The van der Waals surface area contributed by atoms with Crippen molar-refractivity contribution in [2.75, 3.05) is 6.54 Å². The molecule has 2 saturated carbocycles. The molecule has 2 N–H and O–H groups in total. The van der Waals surface area contributed by atoms with Gasteiger partial charge in [-0.25, -0.2) is 0 Å². The Labute approximate surface area is 67.9 Å². The van der Waals surface area contributed by atoms with Crippen molar-refractivity contribution in [1.29, 1.82) is 0 Å². The van der Waals surface area contributed by atoms with Crippen LogP contribution in [0.1, 0.15) is 26.2 Å². The second kappa shape index (κ2) is 2.50. The average Bonchev–Trinajstić information content (AvgIpc) is 2.77. The Hall–Kier alpha value is -0.530. The predicted octanol–water partition coefficient (Wildman–Crippen LogP) is 1.41. The quantitative estimate of drug-likeness (QED) is 0.482. The van der Waals surface area contributed by atoms with Gasteiger partial charge in [-0.05, 0) is 31.1 Å². The predicted molar refractivity (Wildman–Crippen MR) is 46.5 cm³/mol. The van der Waals surface area contributed by atoms with Gasteiger partial charge >= 0.3 is 0 Å². The van der Waals surface area contributed by atoms with Crippen molar-refractivity contribution >= 4 is 5.84 Å². The first kappa shape index (κ1) is 7.14. The molecule has 2 unspecified atom stereocenters. The van der Waals surface area contributed by atoms with Gasteiger partial charge in [0, 0.05) is 12.5 Å². The number of rotatable bonds is 3. The van der Waals surface area contributed by atoms with Crippen LogP contribution in [0.2, 0.25) is 0 Å². The number of hydrogen-bond acceptors (Lipinski definition) is 1. The Morgan fingerprint density at radius 3 is 2.64 bits per heavy atom. The Morgan fingerprint density at radius 2 is 2.18 bits per heavy atom. The molecule has 0 aliphatic heterocycles. The largest absolute Gasteiger partial charge is 0.387 e. The first-order valence-corrected chi connectivity index (χ1v) is 4.57. The maximum atomic E-state index is 5.75. The van der Waals surface area contributed by atoms with Crippen molar-refractivity contribution in [1.82, 2.24) is 0 Å². The molecule has 0 aromatic rings. The molecular formula is C9H16N2. The molecule has 0 radical (unpaired) electrons. The van der Waals surface area contributed by atoms with E-state index in [2.05, 4.69) is 11.9 Å². The van der Waals surface area contributed by atoms with Gasteiger partial charge in [0.25, 0.3) is 0 Å². The molecule has 62 valence electrons. The first-order valence-electron chi connectivity index (χ1n) is 4.57.